The van der Waals surface area contributed by atoms with E-state index >= 15 is 0 Å². The minimum Gasteiger partial charge on any atom is -0.477 e. The van der Waals surface area contributed by atoms with Crippen LogP contribution in [-0.4, -0.2) is 54.9 Å². The van der Waals surface area contributed by atoms with Gasteiger partial charge in [-0.1, -0.05) is 0 Å². The molecule has 9 nitrogen and oxygen atoms in total. The number of carboxylic acid groups (broad SMARTS) is 1. The number of pyridine rings is 1. The van der Waals surface area contributed by atoms with E-state index in [0.29, 0.717) is 31.4 Å². The number of sulfonamides is 1. The minimum absolute atomic E-state index is 0.0135. The van der Waals surface area contributed by atoms with E-state index in [9.17, 15) is 22.8 Å². The highest BCUT2D eigenvalue weighted by atomic mass is 32.2. The first-order valence-corrected chi connectivity index (χ1v) is 9.94. The fraction of sp³-hybridized carbons (Fsp3) is 0.353. The summed E-state index contributed by atoms with van der Waals surface area (Å²) in [7, 11) is -3.86. The second-order valence-corrected chi connectivity index (χ2v) is 8.05. The second kappa shape index (κ2) is 7.49. The SMILES string of the molecule is O=C(O)c1c[nH]c2ccc(S(=O)(=O)NCCCN3CCCC3=O)cc2c1=O. The molecule has 27 heavy (non-hydrogen) atoms. The molecule has 0 aliphatic carbocycles. The second-order valence-electron chi connectivity index (χ2n) is 6.28. The molecule has 0 saturated carbocycles. The van der Waals surface area contributed by atoms with E-state index < -0.39 is 27.0 Å². The molecule has 3 rings (SSSR count). The molecule has 2 heterocycles. The molecule has 144 valence electrons. The minimum atomic E-state index is -3.86. The quantitative estimate of drug-likeness (QED) is 0.587. The highest BCUT2D eigenvalue weighted by molar-refractivity contribution is 7.89. The van der Waals surface area contributed by atoms with Gasteiger partial charge >= 0.3 is 5.97 Å². The molecule has 1 amide bonds. The summed E-state index contributed by atoms with van der Waals surface area (Å²) in [4.78, 5) is 39.1. The molecule has 3 N–H and O–H groups in total. The number of aromatic carboxylic acids is 1. The fourth-order valence-electron chi connectivity index (χ4n) is 3.02. The van der Waals surface area contributed by atoms with Crippen LogP contribution in [0.1, 0.15) is 29.6 Å². The molecule has 0 radical (unpaired) electrons. The lowest BCUT2D eigenvalue weighted by Crippen LogP contribution is -2.30. The number of carbonyl (C=O) groups is 2. The predicted molar refractivity (Wildman–Crippen MR) is 97.1 cm³/mol. The number of aromatic amines is 1. The molecule has 0 bridgehead atoms. The van der Waals surface area contributed by atoms with Gasteiger partial charge in [-0.25, -0.2) is 17.9 Å². The Balaban J connectivity index is 1.74. The number of likely N-dealkylation sites (tertiary alicyclic amines) is 1. The molecule has 0 unspecified atom stereocenters. The molecule has 1 aliphatic heterocycles. The Hall–Kier alpha value is -2.72. The smallest absolute Gasteiger partial charge is 0.341 e. The average Bonchev–Trinajstić information content (AvgIpc) is 3.03. The molecule has 1 fully saturated rings. The number of fused-ring (bicyclic) bond motifs is 1. The molecular weight excluding hydrogens is 374 g/mol. The molecule has 0 spiro atoms. The van der Waals surface area contributed by atoms with E-state index in [0.717, 1.165) is 18.7 Å². The van der Waals surface area contributed by atoms with Gasteiger partial charge in [0.25, 0.3) is 0 Å². The van der Waals surface area contributed by atoms with Gasteiger partial charge in [-0.15, -0.1) is 0 Å². The van der Waals surface area contributed by atoms with Gasteiger partial charge in [0.2, 0.25) is 21.4 Å². The highest BCUT2D eigenvalue weighted by Crippen LogP contribution is 2.16. The van der Waals surface area contributed by atoms with E-state index in [-0.39, 0.29) is 22.7 Å². The van der Waals surface area contributed by atoms with Crippen LogP contribution in [0.4, 0.5) is 0 Å². The van der Waals surface area contributed by atoms with Crippen molar-refractivity contribution in [1.82, 2.24) is 14.6 Å². The molecule has 1 aliphatic rings. The van der Waals surface area contributed by atoms with Gasteiger partial charge in [-0.3, -0.25) is 9.59 Å². The van der Waals surface area contributed by atoms with Crippen molar-refractivity contribution >= 4 is 32.8 Å². The summed E-state index contributed by atoms with van der Waals surface area (Å²) in [6, 6.07) is 3.91. The molecule has 1 aromatic carbocycles. The van der Waals surface area contributed by atoms with Gasteiger partial charge in [0, 0.05) is 43.2 Å². The van der Waals surface area contributed by atoms with Gasteiger partial charge in [0.05, 0.1) is 4.90 Å². The number of benzene rings is 1. The van der Waals surface area contributed by atoms with Gasteiger partial charge in [-0.2, -0.15) is 0 Å². The third kappa shape index (κ3) is 4.01. The van der Waals surface area contributed by atoms with Crippen LogP contribution in [-0.2, 0) is 14.8 Å². The summed E-state index contributed by atoms with van der Waals surface area (Å²) in [6.45, 7) is 1.33. The molecule has 0 atom stereocenters. The monoisotopic (exact) mass is 393 g/mol. The van der Waals surface area contributed by atoms with E-state index in [2.05, 4.69) is 9.71 Å². The Morgan fingerprint density at radius 2 is 2.07 bits per heavy atom. The Morgan fingerprint density at radius 3 is 2.74 bits per heavy atom. The number of carbonyl (C=O) groups excluding carboxylic acids is 1. The van der Waals surface area contributed by atoms with Crippen LogP contribution < -0.4 is 10.2 Å². The van der Waals surface area contributed by atoms with Crippen LogP contribution in [0, 0.1) is 0 Å². The molecule has 10 heteroatoms. The summed E-state index contributed by atoms with van der Waals surface area (Å²) in [5.41, 5.74) is -0.863. The number of aromatic nitrogens is 1. The number of nitrogens with one attached hydrogen (secondary N) is 2. The summed E-state index contributed by atoms with van der Waals surface area (Å²) in [5.74, 6) is -1.30. The Labute approximate surface area is 155 Å². The Morgan fingerprint density at radius 1 is 1.30 bits per heavy atom. The van der Waals surface area contributed by atoms with E-state index in [1.54, 1.807) is 4.90 Å². The van der Waals surface area contributed by atoms with Gasteiger partial charge in [-0.05, 0) is 31.0 Å². The zero-order valence-electron chi connectivity index (χ0n) is 14.4. The van der Waals surface area contributed by atoms with E-state index in [1.165, 1.54) is 12.1 Å². The van der Waals surface area contributed by atoms with Crippen LogP contribution in [0.15, 0.2) is 34.1 Å². The topological polar surface area (TPSA) is 137 Å². The van der Waals surface area contributed by atoms with E-state index in [4.69, 9.17) is 5.11 Å². The van der Waals surface area contributed by atoms with Crippen LogP contribution in [0.2, 0.25) is 0 Å². The molecular formula is C17H19N3O6S. The van der Waals surface area contributed by atoms with Gasteiger partial charge in [0.15, 0.2) is 0 Å². The third-order valence-electron chi connectivity index (χ3n) is 4.46. The van der Waals surface area contributed by atoms with Crippen molar-refractivity contribution in [3.05, 3.63) is 40.2 Å². The summed E-state index contributed by atoms with van der Waals surface area (Å²) in [6.07, 6.45) is 2.92. The number of hydrogen-bond acceptors (Lipinski definition) is 5. The lowest BCUT2D eigenvalue weighted by atomic mass is 10.1. The van der Waals surface area contributed by atoms with Crippen LogP contribution in [0.5, 0.6) is 0 Å². The number of hydrogen-bond donors (Lipinski definition) is 3. The van der Waals surface area contributed by atoms with E-state index in [1.807, 2.05) is 0 Å². The number of nitrogens with zero attached hydrogens (tertiary/aromatic N) is 1. The number of rotatable bonds is 7. The van der Waals surface area contributed by atoms with Crippen molar-refractivity contribution in [2.45, 2.75) is 24.2 Å². The predicted octanol–water partition coefficient (Wildman–Crippen LogP) is 0.517. The highest BCUT2D eigenvalue weighted by Gasteiger charge is 2.20. The van der Waals surface area contributed by atoms with Crippen molar-refractivity contribution < 1.29 is 23.1 Å². The zero-order chi connectivity index (χ0) is 19.6. The van der Waals surface area contributed by atoms with Crippen molar-refractivity contribution in [3.63, 3.8) is 0 Å². The summed E-state index contributed by atoms with van der Waals surface area (Å²) >= 11 is 0. The standard InChI is InChI=1S/C17H19N3O6S/c21-15-3-1-7-20(15)8-2-6-19-27(25,26)11-4-5-14-12(9-11)16(22)13(10-18-14)17(23)24/h4-5,9-10,19H,1-3,6-8H2,(H,18,22)(H,23,24). The van der Waals surface area contributed by atoms with Gasteiger partial charge in [0.1, 0.15) is 5.56 Å². The van der Waals surface area contributed by atoms with Crippen LogP contribution in [0.25, 0.3) is 10.9 Å². The maximum absolute atomic E-state index is 12.4. The average molecular weight is 393 g/mol. The molecule has 1 aromatic heterocycles. The zero-order valence-corrected chi connectivity index (χ0v) is 15.2. The molecule has 2 aromatic rings. The maximum atomic E-state index is 12.4. The lowest BCUT2D eigenvalue weighted by molar-refractivity contribution is -0.127. The first-order chi connectivity index (χ1) is 12.8. The van der Waals surface area contributed by atoms with Crippen LogP contribution >= 0.6 is 0 Å². The Bertz CT molecular complexity index is 1060. The van der Waals surface area contributed by atoms with Crippen molar-refractivity contribution in [2.24, 2.45) is 0 Å². The van der Waals surface area contributed by atoms with Crippen LogP contribution in [0.3, 0.4) is 0 Å². The molecule has 1 saturated heterocycles. The first kappa shape index (κ1) is 19.1. The van der Waals surface area contributed by atoms with Crippen molar-refractivity contribution in [3.8, 4) is 0 Å². The normalized spacial score (nSPS) is 14.8. The largest absolute Gasteiger partial charge is 0.477 e. The fourth-order valence-corrected chi connectivity index (χ4v) is 4.12. The first-order valence-electron chi connectivity index (χ1n) is 8.46. The summed E-state index contributed by atoms with van der Waals surface area (Å²) in [5, 5.41) is 9.01. The number of carboxylic acids is 1. The summed E-state index contributed by atoms with van der Waals surface area (Å²) < 4.78 is 27.3. The number of H-pyrrole nitrogens is 1. The van der Waals surface area contributed by atoms with Crippen molar-refractivity contribution in [1.29, 1.82) is 0 Å². The maximum Gasteiger partial charge on any atom is 0.341 e. The third-order valence-corrected chi connectivity index (χ3v) is 5.92. The van der Waals surface area contributed by atoms with Gasteiger partial charge < -0.3 is 15.0 Å². The number of amides is 1. The lowest BCUT2D eigenvalue weighted by Gasteiger charge is -2.15. The Kier molecular flexibility index (Phi) is 5.29. The van der Waals surface area contributed by atoms with Crippen molar-refractivity contribution in [2.75, 3.05) is 19.6 Å².